The first-order chi connectivity index (χ1) is 9.16. The van der Waals surface area contributed by atoms with E-state index in [0.717, 1.165) is 18.6 Å². The van der Waals surface area contributed by atoms with Crippen molar-refractivity contribution in [3.63, 3.8) is 0 Å². The van der Waals surface area contributed by atoms with Crippen molar-refractivity contribution in [2.45, 2.75) is 37.7 Å². The number of esters is 1. The van der Waals surface area contributed by atoms with Gasteiger partial charge in [0.2, 0.25) is 0 Å². The number of hydrogen-bond donors (Lipinski definition) is 0. The van der Waals surface area contributed by atoms with Crippen LogP contribution in [0.25, 0.3) is 0 Å². The molecule has 1 aromatic carbocycles. The lowest BCUT2D eigenvalue weighted by atomic mass is 10.2. The molecule has 0 radical (unpaired) electrons. The van der Waals surface area contributed by atoms with Gasteiger partial charge in [0.1, 0.15) is 10.7 Å². The third-order valence-electron chi connectivity index (χ3n) is 2.50. The van der Waals surface area contributed by atoms with E-state index >= 15 is 0 Å². The summed E-state index contributed by atoms with van der Waals surface area (Å²) >= 11 is 2.78. The molecule has 0 bridgehead atoms. The summed E-state index contributed by atoms with van der Waals surface area (Å²) in [5.74, 6) is -1.69. The molecule has 1 unspecified atom stereocenters. The molecule has 0 aliphatic carbocycles. The van der Waals surface area contributed by atoms with Crippen molar-refractivity contribution >= 4 is 41.6 Å². The third kappa shape index (κ3) is 4.43. The summed E-state index contributed by atoms with van der Waals surface area (Å²) in [5.41, 5.74) is -0.201. The fraction of sp³-hybridized carbons (Fsp3) is 0.417. The maximum atomic E-state index is 13.6. The normalized spacial score (nSPS) is 13.1. The first-order valence-electron chi connectivity index (χ1n) is 5.81. The Hall–Kier alpha value is -0.660. The molecule has 0 N–H and O–H groups in total. The van der Waals surface area contributed by atoms with Crippen LogP contribution in [-0.2, 0) is 13.8 Å². The molecule has 0 aliphatic heterocycles. The van der Waals surface area contributed by atoms with Crippen LogP contribution in [0.4, 0.5) is 4.39 Å². The predicted octanol–water partition coefficient (Wildman–Crippen LogP) is 3.86. The smallest absolute Gasteiger partial charge is 0.338 e. The topological polar surface area (TPSA) is 60.4 Å². The van der Waals surface area contributed by atoms with E-state index in [0.29, 0.717) is 6.42 Å². The van der Waals surface area contributed by atoms with Crippen molar-refractivity contribution in [1.29, 1.82) is 0 Å². The van der Waals surface area contributed by atoms with Gasteiger partial charge in [0.05, 0.1) is 16.1 Å². The Bertz CT molecular complexity index is 618. The molecule has 0 amide bonds. The van der Waals surface area contributed by atoms with Gasteiger partial charge in [-0.1, -0.05) is 13.3 Å². The average molecular weight is 388 g/mol. The van der Waals surface area contributed by atoms with Gasteiger partial charge in [-0.15, -0.1) is 0 Å². The molecular weight excluding hydrogens is 375 g/mol. The Kier molecular flexibility index (Phi) is 5.97. The second-order valence-corrected chi connectivity index (χ2v) is 7.54. The number of carbonyl (C=O) groups is 1. The summed E-state index contributed by atoms with van der Waals surface area (Å²) in [6, 6.07) is 1.88. The molecule has 1 rings (SSSR count). The summed E-state index contributed by atoms with van der Waals surface area (Å²) in [6.45, 7) is 3.64. The van der Waals surface area contributed by atoms with Gasteiger partial charge in [-0.05, 0) is 41.4 Å². The van der Waals surface area contributed by atoms with E-state index in [1.165, 1.54) is 0 Å². The monoisotopic (exact) mass is 386 g/mol. The van der Waals surface area contributed by atoms with Gasteiger partial charge in [0.25, 0.3) is 9.05 Å². The second-order valence-electron chi connectivity index (χ2n) is 4.21. The molecule has 0 saturated carbocycles. The van der Waals surface area contributed by atoms with Gasteiger partial charge < -0.3 is 4.74 Å². The highest BCUT2D eigenvalue weighted by Gasteiger charge is 2.22. The number of carbonyl (C=O) groups excluding carboxylic acids is 1. The summed E-state index contributed by atoms with van der Waals surface area (Å²) in [6.07, 6.45) is 1.14. The van der Waals surface area contributed by atoms with Gasteiger partial charge in [0, 0.05) is 10.7 Å². The minimum atomic E-state index is -4.17. The van der Waals surface area contributed by atoms with Crippen molar-refractivity contribution in [3.8, 4) is 0 Å². The van der Waals surface area contributed by atoms with Gasteiger partial charge >= 0.3 is 5.97 Å². The van der Waals surface area contributed by atoms with Crippen LogP contribution >= 0.6 is 26.6 Å². The highest BCUT2D eigenvalue weighted by molar-refractivity contribution is 9.10. The van der Waals surface area contributed by atoms with Crippen LogP contribution in [0.1, 0.15) is 37.0 Å². The summed E-state index contributed by atoms with van der Waals surface area (Å²) < 4.78 is 41.0. The van der Waals surface area contributed by atoms with E-state index in [-0.39, 0.29) is 16.1 Å². The quantitative estimate of drug-likeness (QED) is 0.568. The minimum absolute atomic E-state index is 0.201. The predicted molar refractivity (Wildman–Crippen MR) is 76.9 cm³/mol. The van der Waals surface area contributed by atoms with Crippen molar-refractivity contribution in [2.24, 2.45) is 0 Å². The molecule has 1 atom stereocenters. The Morgan fingerprint density at radius 1 is 1.50 bits per heavy atom. The van der Waals surface area contributed by atoms with Crippen LogP contribution in [0.5, 0.6) is 0 Å². The van der Waals surface area contributed by atoms with Crippen LogP contribution in [-0.4, -0.2) is 20.5 Å². The molecule has 1 aromatic rings. The molecule has 0 aliphatic rings. The molecule has 0 fully saturated rings. The van der Waals surface area contributed by atoms with E-state index in [2.05, 4.69) is 15.9 Å². The summed E-state index contributed by atoms with van der Waals surface area (Å²) in [4.78, 5) is 11.3. The Labute approximate surface area is 129 Å². The molecule has 0 spiro atoms. The average Bonchev–Trinajstić information content (AvgIpc) is 2.30. The summed E-state index contributed by atoms with van der Waals surface area (Å²) in [5, 5.41) is 0. The molecule has 8 heteroatoms. The maximum absolute atomic E-state index is 13.6. The lowest BCUT2D eigenvalue weighted by Gasteiger charge is -2.13. The number of ether oxygens (including phenoxy) is 1. The SMILES string of the molecule is CCCC(C)OC(=O)c1cc(F)c(Br)c(S(=O)(=O)Cl)c1. The van der Waals surface area contributed by atoms with Crippen molar-refractivity contribution in [1.82, 2.24) is 0 Å². The largest absolute Gasteiger partial charge is 0.459 e. The van der Waals surface area contributed by atoms with E-state index < -0.39 is 25.7 Å². The molecule has 0 heterocycles. The molecule has 112 valence electrons. The zero-order valence-electron chi connectivity index (χ0n) is 10.8. The van der Waals surface area contributed by atoms with E-state index in [1.54, 1.807) is 6.92 Å². The molecule has 0 saturated heterocycles. The van der Waals surface area contributed by atoms with Crippen LogP contribution in [0.15, 0.2) is 21.5 Å². The van der Waals surface area contributed by atoms with Crippen LogP contribution in [0.2, 0.25) is 0 Å². The zero-order chi connectivity index (χ0) is 15.5. The Balaban J connectivity index is 3.15. The van der Waals surface area contributed by atoms with Crippen LogP contribution in [0.3, 0.4) is 0 Å². The minimum Gasteiger partial charge on any atom is -0.459 e. The van der Waals surface area contributed by atoms with Crippen LogP contribution < -0.4 is 0 Å². The van der Waals surface area contributed by atoms with Gasteiger partial charge in [-0.3, -0.25) is 0 Å². The van der Waals surface area contributed by atoms with Crippen molar-refractivity contribution < 1.29 is 22.3 Å². The fourth-order valence-electron chi connectivity index (χ4n) is 1.58. The number of hydrogen-bond acceptors (Lipinski definition) is 4. The second kappa shape index (κ2) is 6.87. The highest BCUT2D eigenvalue weighted by atomic mass is 79.9. The molecule has 0 aromatic heterocycles. The van der Waals surface area contributed by atoms with Crippen molar-refractivity contribution in [2.75, 3.05) is 0 Å². The van der Waals surface area contributed by atoms with E-state index in [1.807, 2.05) is 6.92 Å². The van der Waals surface area contributed by atoms with Gasteiger partial charge in [-0.25, -0.2) is 17.6 Å². The van der Waals surface area contributed by atoms with E-state index in [9.17, 15) is 17.6 Å². The lowest BCUT2D eigenvalue weighted by Crippen LogP contribution is -2.15. The van der Waals surface area contributed by atoms with Crippen molar-refractivity contribution in [3.05, 3.63) is 28.0 Å². The first kappa shape index (κ1) is 17.4. The number of halogens is 3. The standard InChI is InChI=1S/C12H13BrClFO4S/c1-3-4-7(2)19-12(16)8-5-9(15)11(13)10(6-8)20(14,17)18/h5-7H,3-4H2,1-2H3. The van der Waals surface area contributed by atoms with Gasteiger partial charge in [0.15, 0.2) is 0 Å². The number of rotatable bonds is 5. The molecular formula is C12H13BrClFO4S. The summed E-state index contributed by atoms with van der Waals surface area (Å²) in [7, 11) is 1.02. The highest BCUT2D eigenvalue weighted by Crippen LogP contribution is 2.29. The van der Waals surface area contributed by atoms with Crippen LogP contribution in [0, 0.1) is 5.82 Å². The molecule has 20 heavy (non-hydrogen) atoms. The molecule has 4 nitrogen and oxygen atoms in total. The maximum Gasteiger partial charge on any atom is 0.338 e. The van der Waals surface area contributed by atoms with E-state index in [4.69, 9.17) is 15.4 Å². The lowest BCUT2D eigenvalue weighted by molar-refractivity contribution is 0.0322. The zero-order valence-corrected chi connectivity index (χ0v) is 14.0. The first-order valence-corrected chi connectivity index (χ1v) is 8.91. The Morgan fingerprint density at radius 3 is 2.60 bits per heavy atom. The number of benzene rings is 1. The third-order valence-corrected chi connectivity index (χ3v) is 4.91. The van der Waals surface area contributed by atoms with Gasteiger partial charge in [-0.2, -0.15) is 0 Å². The Morgan fingerprint density at radius 2 is 2.10 bits per heavy atom. The fourth-order valence-corrected chi connectivity index (χ4v) is 3.67.